The van der Waals surface area contributed by atoms with Crippen molar-refractivity contribution >= 4 is 12.1 Å². The number of amides is 1. The SMILES string of the molecule is CCCCOC(=O)N1CC(C)(O)CC1C(=O)O. The van der Waals surface area contributed by atoms with E-state index in [-0.39, 0.29) is 19.6 Å². The van der Waals surface area contributed by atoms with Crippen molar-refractivity contribution < 1.29 is 24.5 Å². The van der Waals surface area contributed by atoms with Crippen molar-refractivity contribution in [2.45, 2.75) is 44.8 Å². The molecule has 98 valence electrons. The zero-order valence-corrected chi connectivity index (χ0v) is 10.2. The Hall–Kier alpha value is -1.30. The molecule has 2 unspecified atom stereocenters. The molecule has 0 aromatic heterocycles. The number of aliphatic hydroxyl groups is 1. The molecule has 0 spiro atoms. The standard InChI is InChI=1S/C11H19NO5/c1-3-4-5-17-10(15)12-7-11(2,16)6-8(12)9(13)14/h8,16H,3-7H2,1-2H3,(H,13,14). The molecule has 1 rings (SSSR count). The Labute approximate surface area is 100 Å². The van der Waals surface area contributed by atoms with Crippen molar-refractivity contribution in [2.24, 2.45) is 0 Å². The van der Waals surface area contributed by atoms with Crippen LogP contribution in [0.15, 0.2) is 0 Å². The minimum absolute atomic E-state index is 0.00503. The van der Waals surface area contributed by atoms with Crippen LogP contribution in [0.3, 0.4) is 0 Å². The van der Waals surface area contributed by atoms with Crippen LogP contribution in [0.2, 0.25) is 0 Å². The van der Waals surface area contributed by atoms with Crippen molar-refractivity contribution in [1.82, 2.24) is 4.90 Å². The molecule has 1 aliphatic rings. The van der Waals surface area contributed by atoms with E-state index in [9.17, 15) is 14.7 Å². The second kappa shape index (κ2) is 5.35. The fourth-order valence-corrected chi connectivity index (χ4v) is 1.87. The van der Waals surface area contributed by atoms with Gasteiger partial charge in [0.25, 0.3) is 0 Å². The van der Waals surface area contributed by atoms with E-state index in [0.29, 0.717) is 0 Å². The van der Waals surface area contributed by atoms with Gasteiger partial charge in [-0.15, -0.1) is 0 Å². The molecule has 0 bridgehead atoms. The second-order valence-corrected chi connectivity index (χ2v) is 4.65. The Morgan fingerprint density at radius 3 is 2.71 bits per heavy atom. The first-order chi connectivity index (χ1) is 7.87. The molecule has 0 radical (unpaired) electrons. The van der Waals surface area contributed by atoms with E-state index >= 15 is 0 Å². The molecule has 1 amide bonds. The molecular weight excluding hydrogens is 226 g/mol. The fourth-order valence-electron chi connectivity index (χ4n) is 1.87. The van der Waals surface area contributed by atoms with Crippen molar-refractivity contribution in [3.63, 3.8) is 0 Å². The predicted octanol–water partition coefficient (Wildman–Crippen LogP) is 0.833. The zero-order chi connectivity index (χ0) is 13.1. The minimum atomic E-state index is -1.16. The minimum Gasteiger partial charge on any atom is -0.480 e. The molecule has 0 aliphatic carbocycles. The van der Waals surface area contributed by atoms with Crippen molar-refractivity contribution in [3.05, 3.63) is 0 Å². The van der Waals surface area contributed by atoms with Gasteiger partial charge in [0.1, 0.15) is 6.04 Å². The maximum absolute atomic E-state index is 11.7. The smallest absolute Gasteiger partial charge is 0.410 e. The summed E-state index contributed by atoms with van der Waals surface area (Å²) >= 11 is 0. The molecule has 1 fully saturated rings. The van der Waals surface area contributed by atoms with E-state index in [1.165, 1.54) is 6.92 Å². The van der Waals surface area contributed by atoms with Crippen molar-refractivity contribution in [3.8, 4) is 0 Å². The molecule has 6 heteroatoms. The molecule has 2 atom stereocenters. The Kier molecular flexibility index (Phi) is 4.34. The highest BCUT2D eigenvalue weighted by Crippen LogP contribution is 2.27. The van der Waals surface area contributed by atoms with E-state index in [0.717, 1.165) is 17.7 Å². The zero-order valence-electron chi connectivity index (χ0n) is 10.2. The number of carbonyl (C=O) groups excluding carboxylic acids is 1. The lowest BCUT2D eigenvalue weighted by Crippen LogP contribution is -2.41. The summed E-state index contributed by atoms with van der Waals surface area (Å²) in [5.74, 6) is -1.12. The van der Waals surface area contributed by atoms with Gasteiger partial charge < -0.3 is 14.9 Å². The average Bonchev–Trinajstić information content (AvgIpc) is 2.55. The van der Waals surface area contributed by atoms with Gasteiger partial charge in [-0.05, 0) is 13.3 Å². The van der Waals surface area contributed by atoms with E-state index < -0.39 is 23.7 Å². The number of β-amino-alcohol motifs (C(OH)–C–C–N with tert-alkyl or cyclic N) is 1. The van der Waals surface area contributed by atoms with Gasteiger partial charge in [0.15, 0.2) is 0 Å². The summed E-state index contributed by atoms with van der Waals surface area (Å²) in [6, 6.07) is -1.00. The first-order valence-electron chi connectivity index (χ1n) is 5.76. The highest BCUT2D eigenvalue weighted by atomic mass is 16.6. The highest BCUT2D eigenvalue weighted by molar-refractivity contribution is 5.81. The van der Waals surface area contributed by atoms with Crippen molar-refractivity contribution in [1.29, 1.82) is 0 Å². The number of ether oxygens (including phenoxy) is 1. The summed E-state index contributed by atoms with van der Waals surface area (Å²) in [6.07, 6.45) is 1.01. The van der Waals surface area contributed by atoms with Gasteiger partial charge >= 0.3 is 12.1 Å². The van der Waals surface area contributed by atoms with Crippen LogP contribution in [0, 0.1) is 0 Å². The van der Waals surface area contributed by atoms with Crippen LogP contribution >= 0.6 is 0 Å². The molecule has 0 aromatic rings. The number of aliphatic carboxylic acids is 1. The van der Waals surface area contributed by atoms with Gasteiger partial charge in [-0.3, -0.25) is 4.90 Å². The lowest BCUT2D eigenvalue weighted by atomic mass is 10.0. The lowest BCUT2D eigenvalue weighted by Gasteiger charge is -2.21. The molecule has 17 heavy (non-hydrogen) atoms. The van der Waals surface area contributed by atoms with Crippen LogP contribution in [0.1, 0.15) is 33.1 Å². The maximum atomic E-state index is 11.7. The monoisotopic (exact) mass is 245 g/mol. The third-order valence-corrected chi connectivity index (χ3v) is 2.76. The Morgan fingerprint density at radius 2 is 2.18 bits per heavy atom. The summed E-state index contributed by atoms with van der Waals surface area (Å²) < 4.78 is 4.95. The van der Waals surface area contributed by atoms with E-state index in [1.54, 1.807) is 0 Å². The normalized spacial score (nSPS) is 28.2. The number of carboxylic acids is 1. The fraction of sp³-hybridized carbons (Fsp3) is 0.818. The number of unbranched alkanes of at least 4 members (excludes halogenated alkanes) is 1. The number of rotatable bonds is 4. The Morgan fingerprint density at radius 1 is 1.53 bits per heavy atom. The average molecular weight is 245 g/mol. The van der Waals surface area contributed by atoms with E-state index in [2.05, 4.69) is 0 Å². The Balaban J connectivity index is 2.61. The van der Waals surface area contributed by atoms with E-state index in [1.807, 2.05) is 6.92 Å². The van der Waals surface area contributed by atoms with Gasteiger partial charge in [-0.25, -0.2) is 9.59 Å². The third-order valence-electron chi connectivity index (χ3n) is 2.76. The summed E-state index contributed by atoms with van der Waals surface area (Å²) in [4.78, 5) is 23.7. The van der Waals surface area contributed by atoms with Crippen LogP contribution < -0.4 is 0 Å². The molecular formula is C11H19NO5. The largest absolute Gasteiger partial charge is 0.480 e. The van der Waals surface area contributed by atoms with Crippen LogP contribution in [0.5, 0.6) is 0 Å². The molecule has 1 aliphatic heterocycles. The summed E-state index contributed by atoms with van der Waals surface area (Å²) in [5, 5.41) is 18.8. The number of hydrogen-bond donors (Lipinski definition) is 2. The van der Waals surface area contributed by atoms with Crippen LogP contribution in [-0.4, -0.2) is 52.0 Å². The van der Waals surface area contributed by atoms with Gasteiger partial charge in [0.05, 0.1) is 18.8 Å². The second-order valence-electron chi connectivity index (χ2n) is 4.65. The summed E-state index contributed by atoms with van der Waals surface area (Å²) in [6.45, 7) is 3.76. The molecule has 1 saturated heterocycles. The quantitative estimate of drug-likeness (QED) is 0.716. The van der Waals surface area contributed by atoms with Gasteiger partial charge in [-0.2, -0.15) is 0 Å². The van der Waals surface area contributed by atoms with E-state index in [4.69, 9.17) is 9.84 Å². The lowest BCUT2D eigenvalue weighted by molar-refractivity contribution is -0.141. The number of nitrogens with zero attached hydrogens (tertiary/aromatic N) is 1. The predicted molar refractivity (Wildman–Crippen MR) is 59.6 cm³/mol. The summed E-state index contributed by atoms with van der Waals surface area (Å²) in [5.41, 5.74) is -1.16. The topological polar surface area (TPSA) is 87.1 Å². The molecule has 0 aromatic carbocycles. The Bertz CT molecular complexity index is 302. The third kappa shape index (κ3) is 3.59. The van der Waals surface area contributed by atoms with Crippen LogP contribution in [-0.2, 0) is 9.53 Å². The first kappa shape index (κ1) is 13.8. The molecule has 2 N–H and O–H groups in total. The maximum Gasteiger partial charge on any atom is 0.410 e. The molecule has 0 saturated carbocycles. The molecule has 1 heterocycles. The summed E-state index contributed by atoms with van der Waals surface area (Å²) in [7, 11) is 0. The highest BCUT2D eigenvalue weighted by Gasteiger charge is 2.46. The van der Waals surface area contributed by atoms with Crippen LogP contribution in [0.25, 0.3) is 0 Å². The number of hydrogen-bond acceptors (Lipinski definition) is 4. The number of likely N-dealkylation sites (tertiary alicyclic amines) is 1. The first-order valence-corrected chi connectivity index (χ1v) is 5.76. The molecule has 6 nitrogen and oxygen atoms in total. The number of carboxylic acid groups (broad SMARTS) is 1. The van der Waals surface area contributed by atoms with Gasteiger partial charge in [0.2, 0.25) is 0 Å². The van der Waals surface area contributed by atoms with Crippen LogP contribution in [0.4, 0.5) is 4.79 Å². The number of carbonyl (C=O) groups is 2. The van der Waals surface area contributed by atoms with Gasteiger partial charge in [0, 0.05) is 6.42 Å². The van der Waals surface area contributed by atoms with Gasteiger partial charge in [-0.1, -0.05) is 13.3 Å². The van der Waals surface area contributed by atoms with Crippen molar-refractivity contribution in [2.75, 3.05) is 13.2 Å².